The van der Waals surface area contributed by atoms with E-state index in [0.29, 0.717) is 0 Å². The van der Waals surface area contributed by atoms with Crippen molar-refractivity contribution in [2.24, 2.45) is 5.92 Å². The molecule has 1 aromatic carbocycles. The van der Waals surface area contributed by atoms with Gasteiger partial charge in [-0.25, -0.2) is 0 Å². The van der Waals surface area contributed by atoms with Crippen molar-refractivity contribution in [2.75, 3.05) is 6.54 Å². The van der Waals surface area contributed by atoms with Crippen LogP contribution in [0.4, 0.5) is 13.2 Å². The summed E-state index contributed by atoms with van der Waals surface area (Å²) in [4.78, 5) is 29.9. The van der Waals surface area contributed by atoms with Gasteiger partial charge in [-0.1, -0.05) is 17.3 Å². The van der Waals surface area contributed by atoms with Crippen LogP contribution in [0.1, 0.15) is 44.8 Å². The zero-order valence-electron chi connectivity index (χ0n) is 16.1. The number of amides is 1. The Morgan fingerprint density at radius 1 is 1.31 bits per heavy atom. The first-order valence-corrected chi connectivity index (χ1v) is 9.07. The number of rotatable bonds is 5. The van der Waals surface area contributed by atoms with E-state index < -0.39 is 29.7 Å². The van der Waals surface area contributed by atoms with Crippen LogP contribution in [-0.4, -0.2) is 39.5 Å². The Morgan fingerprint density at radius 3 is 2.66 bits per heavy atom. The van der Waals surface area contributed by atoms with E-state index in [-0.39, 0.29) is 42.2 Å². The summed E-state index contributed by atoms with van der Waals surface area (Å²) < 4.78 is 49.0. The Hall–Kier alpha value is -2.91. The van der Waals surface area contributed by atoms with Crippen LogP contribution >= 0.6 is 0 Å². The Bertz CT molecular complexity index is 910. The van der Waals surface area contributed by atoms with E-state index >= 15 is 0 Å². The molecular formula is C19H20F3N3O4. The summed E-state index contributed by atoms with van der Waals surface area (Å²) in [6, 6.07) is 4.51. The molecule has 10 heteroatoms. The third-order valence-electron chi connectivity index (χ3n) is 4.65. The van der Waals surface area contributed by atoms with Crippen molar-refractivity contribution < 1.29 is 32.0 Å². The fraction of sp³-hybridized carbons (Fsp3) is 0.474. The van der Waals surface area contributed by atoms with Crippen molar-refractivity contribution in [1.29, 1.82) is 0 Å². The summed E-state index contributed by atoms with van der Waals surface area (Å²) in [7, 11) is 0. The summed E-state index contributed by atoms with van der Waals surface area (Å²) in [5.41, 5.74) is -0.705. The predicted octanol–water partition coefficient (Wildman–Crippen LogP) is 3.62. The van der Waals surface area contributed by atoms with Gasteiger partial charge >= 0.3 is 12.1 Å². The Labute approximate surface area is 164 Å². The minimum Gasteiger partial charge on any atom is -0.452 e. The molecule has 2 aromatic rings. The number of carbonyl (C=O) groups excluding carboxylic acids is 2. The highest BCUT2D eigenvalue weighted by Gasteiger charge is 2.37. The highest BCUT2D eigenvalue weighted by atomic mass is 19.4. The van der Waals surface area contributed by atoms with Crippen LogP contribution in [0.5, 0.6) is 0 Å². The third kappa shape index (κ3) is 4.57. The molecule has 1 aliphatic rings. The van der Waals surface area contributed by atoms with Gasteiger partial charge in [-0.05, 0) is 32.9 Å². The maximum Gasteiger partial charge on any atom is 0.416 e. The van der Waals surface area contributed by atoms with Crippen molar-refractivity contribution in [3.63, 3.8) is 0 Å². The second-order valence-corrected chi connectivity index (χ2v) is 7.15. The number of esters is 1. The molecule has 3 rings (SSSR count). The highest BCUT2D eigenvalue weighted by Crippen LogP contribution is 2.32. The van der Waals surface area contributed by atoms with Gasteiger partial charge < -0.3 is 14.2 Å². The van der Waals surface area contributed by atoms with Gasteiger partial charge in [0.05, 0.1) is 11.5 Å². The zero-order valence-corrected chi connectivity index (χ0v) is 16.1. The van der Waals surface area contributed by atoms with Gasteiger partial charge in [-0.15, -0.1) is 0 Å². The van der Waals surface area contributed by atoms with Gasteiger partial charge in [0.25, 0.3) is 5.89 Å². The van der Waals surface area contributed by atoms with Gasteiger partial charge in [-0.3, -0.25) is 9.59 Å². The van der Waals surface area contributed by atoms with Crippen LogP contribution in [0.25, 0.3) is 11.4 Å². The number of carbonyl (C=O) groups is 2. The lowest BCUT2D eigenvalue weighted by Gasteiger charge is -2.20. The molecule has 1 aromatic heterocycles. The molecule has 2 heterocycles. The minimum atomic E-state index is -4.49. The number of halogens is 3. The van der Waals surface area contributed by atoms with E-state index in [1.807, 2.05) is 13.8 Å². The van der Waals surface area contributed by atoms with E-state index in [4.69, 9.17) is 9.26 Å². The SMILES string of the molecule is CC(OC(=O)C1CC(=O)N(C(C)C)C1)c1nc(-c2cccc(C(F)(F)F)c2)no1. The molecule has 0 N–H and O–H groups in total. The van der Waals surface area contributed by atoms with Gasteiger partial charge in [0.2, 0.25) is 11.7 Å². The number of nitrogens with zero attached hydrogens (tertiary/aromatic N) is 3. The van der Waals surface area contributed by atoms with Crippen LogP contribution in [0.15, 0.2) is 28.8 Å². The van der Waals surface area contributed by atoms with E-state index in [1.165, 1.54) is 19.1 Å². The lowest BCUT2D eigenvalue weighted by molar-refractivity contribution is -0.154. The van der Waals surface area contributed by atoms with Gasteiger partial charge in [-0.2, -0.15) is 18.2 Å². The van der Waals surface area contributed by atoms with Crippen LogP contribution in [0.2, 0.25) is 0 Å². The number of benzene rings is 1. The average Bonchev–Trinajstić information content (AvgIpc) is 3.28. The zero-order chi connectivity index (χ0) is 21.3. The van der Waals surface area contributed by atoms with Gasteiger partial charge in [0.1, 0.15) is 0 Å². The van der Waals surface area contributed by atoms with Crippen molar-refractivity contribution in [1.82, 2.24) is 15.0 Å². The monoisotopic (exact) mass is 411 g/mol. The molecule has 0 radical (unpaired) electrons. The number of hydrogen-bond donors (Lipinski definition) is 0. The highest BCUT2D eigenvalue weighted by molar-refractivity contribution is 5.87. The smallest absolute Gasteiger partial charge is 0.416 e. The molecule has 29 heavy (non-hydrogen) atoms. The second-order valence-electron chi connectivity index (χ2n) is 7.15. The first kappa shape index (κ1) is 20.8. The van der Waals surface area contributed by atoms with Crippen molar-refractivity contribution in [3.8, 4) is 11.4 Å². The largest absolute Gasteiger partial charge is 0.452 e. The predicted molar refractivity (Wildman–Crippen MR) is 94.2 cm³/mol. The molecular weight excluding hydrogens is 391 g/mol. The average molecular weight is 411 g/mol. The van der Waals surface area contributed by atoms with E-state index in [2.05, 4.69) is 10.1 Å². The third-order valence-corrected chi connectivity index (χ3v) is 4.65. The molecule has 1 aliphatic heterocycles. The molecule has 0 saturated carbocycles. The standard InChI is InChI=1S/C19H20F3N3O4/c1-10(2)25-9-13(8-15(25)26)18(27)28-11(3)17-23-16(24-29-17)12-5-4-6-14(7-12)19(20,21)22/h4-7,10-11,13H,8-9H2,1-3H3. The molecule has 0 aliphatic carbocycles. The van der Waals surface area contributed by atoms with Crippen molar-refractivity contribution >= 4 is 11.9 Å². The summed E-state index contributed by atoms with van der Waals surface area (Å²) in [6.07, 6.45) is -5.32. The Balaban J connectivity index is 1.68. The van der Waals surface area contributed by atoms with Crippen LogP contribution in [-0.2, 0) is 20.5 Å². The molecule has 0 bridgehead atoms. The van der Waals surface area contributed by atoms with Crippen LogP contribution in [0.3, 0.4) is 0 Å². The fourth-order valence-corrected chi connectivity index (χ4v) is 3.06. The second kappa shape index (κ2) is 7.84. The maximum atomic E-state index is 12.9. The molecule has 7 nitrogen and oxygen atoms in total. The van der Waals surface area contributed by atoms with E-state index in [9.17, 15) is 22.8 Å². The molecule has 156 valence electrons. The quantitative estimate of drug-likeness (QED) is 0.699. The molecule has 0 spiro atoms. The van der Waals surface area contributed by atoms with E-state index in [1.54, 1.807) is 4.90 Å². The minimum absolute atomic E-state index is 0.0105. The van der Waals surface area contributed by atoms with Crippen LogP contribution < -0.4 is 0 Å². The molecule has 2 unspecified atom stereocenters. The normalized spacial score (nSPS) is 18.4. The van der Waals surface area contributed by atoms with E-state index in [0.717, 1.165) is 12.1 Å². The fourth-order valence-electron chi connectivity index (χ4n) is 3.06. The first-order chi connectivity index (χ1) is 13.6. The number of aromatic nitrogens is 2. The topological polar surface area (TPSA) is 85.5 Å². The summed E-state index contributed by atoms with van der Waals surface area (Å²) in [5.74, 6) is -1.35. The lowest BCUT2D eigenvalue weighted by Crippen LogP contribution is -2.33. The molecule has 1 fully saturated rings. The van der Waals surface area contributed by atoms with Crippen molar-refractivity contribution in [3.05, 3.63) is 35.7 Å². The summed E-state index contributed by atoms with van der Waals surface area (Å²) in [5, 5.41) is 3.68. The summed E-state index contributed by atoms with van der Waals surface area (Å²) in [6.45, 7) is 5.52. The molecule has 1 saturated heterocycles. The molecule has 2 atom stereocenters. The first-order valence-electron chi connectivity index (χ1n) is 9.07. The van der Waals surface area contributed by atoms with Crippen LogP contribution in [0, 0.1) is 5.92 Å². The van der Waals surface area contributed by atoms with Crippen molar-refractivity contribution in [2.45, 2.75) is 45.5 Å². The Morgan fingerprint density at radius 2 is 2.03 bits per heavy atom. The number of likely N-dealkylation sites (tertiary alicyclic amines) is 1. The lowest BCUT2D eigenvalue weighted by atomic mass is 10.1. The number of hydrogen-bond acceptors (Lipinski definition) is 6. The Kier molecular flexibility index (Phi) is 5.63. The molecule has 1 amide bonds. The number of ether oxygens (including phenoxy) is 1. The summed E-state index contributed by atoms with van der Waals surface area (Å²) >= 11 is 0. The maximum absolute atomic E-state index is 12.9. The number of alkyl halides is 3. The van der Waals surface area contributed by atoms with Gasteiger partial charge in [0, 0.05) is 24.6 Å². The van der Waals surface area contributed by atoms with Gasteiger partial charge in [0.15, 0.2) is 6.10 Å².